The highest BCUT2D eigenvalue weighted by Gasteiger charge is 2.39. The van der Waals surface area contributed by atoms with E-state index < -0.39 is 54.5 Å². The van der Waals surface area contributed by atoms with Crippen LogP contribution in [0.25, 0.3) is 11.1 Å². The Bertz CT molecular complexity index is 1690. The highest BCUT2D eigenvalue weighted by Crippen LogP contribution is 2.38. The van der Waals surface area contributed by atoms with Gasteiger partial charge in [0.05, 0.1) is 0 Å². The Morgan fingerprint density at radius 2 is 1.95 bits per heavy atom. The lowest BCUT2D eigenvalue weighted by Crippen LogP contribution is -2.47. The van der Waals surface area contributed by atoms with Crippen LogP contribution in [0, 0.1) is 18.3 Å². The van der Waals surface area contributed by atoms with Crippen LogP contribution in [0.1, 0.15) is 55.2 Å². The molecule has 2 heterocycles. The fraction of sp³-hybridized carbons (Fsp3) is 0.375. The lowest BCUT2D eigenvalue weighted by Gasteiger charge is -2.23. The molecule has 224 valence electrons. The third kappa shape index (κ3) is 6.24. The fourth-order valence-electron chi connectivity index (χ4n) is 5.41. The van der Waals surface area contributed by atoms with Gasteiger partial charge in [-0.1, -0.05) is 68.7 Å². The number of alkyl carbamates (subject to hydrolysis) is 1. The molecule has 0 spiro atoms. The average Bonchev–Trinajstić information content (AvgIpc) is 3.57. The van der Waals surface area contributed by atoms with Gasteiger partial charge < -0.3 is 19.5 Å². The van der Waals surface area contributed by atoms with Crippen LogP contribution < -0.4 is 16.6 Å². The van der Waals surface area contributed by atoms with Crippen LogP contribution in [0.4, 0.5) is 9.18 Å². The first-order chi connectivity index (χ1) is 20.7. The number of hydrogen-bond acceptors (Lipinski definition) is 7. The first kappa shape index (κ1) is 29.8. The quantitative estimate of drug-likeness (QED) is 0.226. The Morgan fingerprint density at radius 1 is 1.19 bits per heavy atom. The number of H-pyrrole nitrogens is 1. The van der Waals surface area contributed by atoms with Crippen molar-refractivity contribution in [3.05, 3.63) is 91.8 Å². The molecular formula is C32H32FN3O7. The molecule has 1 fully saturated rings. The maximum atomic E-state index is 14.8. The average molecular weight is 590 g/mol. The predicted molar refractivity (Wildman–Crippen MR) is 155 cm³/mol. The largest absolute Gasteiger partial charge is 0.461 e. The number of terminal acetylenes is 1. The zero-order valence-corrected chi connectivity index (χ0v) is 23.8. The molecule has 0 radical (unpaired) electrons. The number of fused-ring (bicyclic) bond motifs is 3. The van der Waals surface area contributed by atoms with Crippen LogP contribution in [0.5, 0.6) is 0 Å². The molecule has 3 aromatic rings. The van der Waals surface area contributed by atoms with Crippen LogP contribution in [0.3, 0.4) is 0 Å². The van der Waals surface area contributed by atoms with Crippen molar-refractivity contribution in [2.75, 3.05) is 6.61 Å². The van der Waals surface area contributed by atoms with E-state index in [-0.39, 0.29) is 24.5 Å². The van der Waals surface area contributed by atoms with Gasteiger partial charge in [-0.3, -0.25) is 14.3 Å². The van der Waals surface area contributed by atoms with Gasteiger partial charge in [-0.2, -0.15) is 0 Å². The number of nitrogens with zero attached hydrogens (tertiary/aromatic N) is 1. The van der Waals surface area contributed by atoms with Crippen molar-refractivity contribution in [2.24, 2.45) is 5.92 Å². The number of amides is 1. The highest BCUT2D eigenvalue weighted by atomic mass is 19.1. The summed E-state index contributed by atoms with van der Waals surface area (Å²) in [6.45, 7) is 3.21. The van der Waals surface area contributed by atoms with Gasteiger partial charge in [0.25, 0.3) is 5.56 Å². The molecule has 11 heteroatoms. The van der Waals surface area contributed by atoms with E-state index in [1.807, 2.05) is 37.3 Å². The Balaban J connectivity index is 1.18. The Kier molecular flexibility index (Phi) is 8.78. The van der Waals surface area contributed by atoms with Crippen molar-refractivity contribution in [1.29, 1.82) is 0 Å². The van der Waals surface area contributed by atoms with Crippen molar-refractivity contribution in [3.8, 4) is 23.5 Å². The van der Waals surface area contributed by atoms with Crippen LogP contribution >= 0.6 is 0 Å². The van der Waals surface area contributed by atoms with E-state index >= 15 is 0 Å². The molecule has 10 nitrogen and oxygen atoms in total. The van der Waals surface area contributed by atoms with Gasteiger partial charge in [0.2, 0.25) is 0 Å². The molecule has 2 aliphatic rings. The van der Waals surface area contributed by atoms with Gasteiger partial charge >= 0.3 is 17.8 Å². The van der Waals surface area contributed by atoms with Crippen molar-refractivity contribution in [3.63, 3.8) is 0 Å². The number of alkyl halides is 1. The van der Waals surface area contributed by atoms with E-state index in [0.29, 0.717) is 6.42 Å². The van der Waals surface area contributed by atoms with E-state index in [4.69, 9.17) is 20.6 Å². The summed E-state index contributed by atoms with van der Waals surface area (Å²) in [6, 6.07) is 13.0. The maximum absolute atomic E-state index is 14.8. The second-order valence-corrected chi connectivity index (χ2v) is 10.7. The Labute approximate surface area is 247 Å². The number of hydrogen-bond donors (Lipinski definition) is 2. The minimum Gasteiger partial charge on any atom is -0.461 e. The molecule has 1 aromatic heterocycles. The second-order valence-electron chi connectivity index (χ2n) is 10.7. The summed E-state index contributed by atoms with van der Waals surface area (Å²) < 4.78 is 32.3. The zero-order chi connectivity index (χ0) is 30.7. The van der Waals surface area contributed by atoms with Crippen LogP contribution in [0.2, 0.25) is 0 Å². The molecule has 43 heavy (non-hydrogen) atoms. The maximum Gasteiger partial charge on any atom is 0.408 e. The van der Waals surface area contributed by atoms with Crippen molar-refractivity contribution in [2.45, 2.75) is 64.3 Å². The molecule has 1 aliphatic carbocycles. The second kappa shape index (κ2) is 12.7. The van der Waals surface area contributed by atoms with Crippen LogP contribution in [-0.2, 0) is 32.0 Å². The van der Waals surface area contributed by atoms with Crippen LogP contribution in [-0.4, -0.2) is 46.5 Å². The third-order valence-electron chi connectivity index (χ3n) is 8.03. The number of benzene rings is 2. The topological polar surface area (TPSA) is 129 Å². The van der Waals surface area contributed by atoms with E-state index in [2.05, 4.69) is 28.4 Å². The van der Waals surface area contributed by atoms with Gasteiger partial charge in [-0.15, -0.1) is 6.42 Å². The predicted octanol–water partition coefficient (Wildman–Crippen LogP) is 3.60. The number of aromatic nitrogens is 2. The zero-order valence-electron chi connectivity index (χ0n) is 23.8. The number of ether oxygens (including phenoxy) is 3. The molecule has 2 aromatic carbocycles. The molecule has 0 saturated carbocycles. The summed E-state index contributed by atoms with van der Waals surface area (Å²) in [4.78, 5) is 51.9. The lowest BCUT2D eigenvalue weighted by atomic mass is 9.99. The van der Waals surface area contributed by atoms with E-state index in [9.17, 15) is 23.6 Å². The first-order valence-corrected chi connectivity index (χ1v) is 14.1. The SMILES string of the molecule is C#Cc1cn([C@@H]2CC(F)[C@H](COC(=O)[C@@H](NC(=O)OCc3cccc4c3Cc3ccccc3-4)[C@@H](C)CC)O2)c(=O)[nH]c1=O. The molecular weight excluding hydrogens is 557 g/mol. The fourth-order valence-corrected chi connectivity index (χ4v) is 5.41. The summed E-state index contributed by atoms with van der Waals surface area (Å²) >= 11 is 0. The van der Waals surface area contributed by atoms with E-state index in [0.717, 1.165) is 33.9 Å². The molecule has 1 saturated heterocycles. The number of nitrogens with one attached hydrogen (secondary N) is 2. The molecule has 1 aliphatic heterocycles. The number of aromatic amines is 1. The lowest BCUT2D eigenvalue weighted by molar-refractivity contribution is -0.153. The van der Waals surface area contributed by atoms with Crippen LogP contribution in [0.15, 0.2) is 58.3 Å². The number of halogens is 1. The standard InChI is InChI=1S/C32H32FN3O7/c1-4-18(3)28(34-32(40)42-16-21-10-8-12-23-22-11-7-6-9-20(22)13-24(21)23)30(38)41-17-26-25(33)14-27(43-26)36-15-19(5-2)29(37)35-31(36)39/h2,6-12,15,18,25-28H,4,13-14,16-17H2,1,3H3,(H,34,40)(H,35,37,39)/t18-,25?,26-,27-,28-/m0/s1. The summed E-state index contributed by atoms with van der Waals surface area (Å²) in [7, 11) is 0. The monoisotopic (exact) mass is 589 g/mol. The number of carbonyl (C=O) groups excluding carboxylic acids is 2. The normalized spacial score (nSPS) is 19.9. The third-order valence-corrected chi connectivity index (χ3v) is 8.03. The van der Waals surface area contributed by atoms with E-state index in [1.54, 1.807) is 6.92 Å². The number of esters is 1. The Hall–Kier alpha value is -4.69. The summed E-state index contributed by atoms with van der Waals surface area (Å²) in [5, 5.41) is 2.60. The van der Waals surface area contributed by atoms with E-state index in [1.165, 1.54) is 11.1 Å². The molecule has 2 N–H and O–H groups in total. The molecule has 1 amide bonds. The number of carbonyl (C=O) groups is 2. The number of rotatable bonds is 9. The minimum atomic E-state index is -1.57. The van der Waals surface area contributed by atoms with Gasteiger partial charge in [-0.25, -0.2) is 18.8 Å². The summed E-state index contributed by atoms with van der Waals surface area (Å²) in [5.41, 5.74) is 3.83. The van der Waals surface area contributed by atoms with Crippen molar-refractivity contribution in [1.82, 2.24) is 14.9 Å². The smallest absolute Gasteiger partial charge is 0.408 e. The van der Waals surface area contributed by atoms with Crippen molar-refractivity contribution < 1.29 is 28.2 Å². The molecule has 1 unspecified atom stereocenters. The van der Waals surface area contributed by atoms with Gasteiger partial charge in [0.15, 0.2) is 0 Å². The molecule has 5 atom stereocenters. The molecule has 0 bridgehead atoms. The highest BCUT2D eigenvalue weighted by molar-refractivity contribution is 5.82. The van der Waals surface area contributed by atoms with Gasteiger partial charge in [0.1, 0.15) is 43.3 Å². The summed E-state index contributed by atoms with van der Waals surface area (Å²) in [5.74, 6) is 1.08. The Morgan fingerprint density at radius 3 is 2.72 bits per heavy atom. The van der Waals surface area contributed by atoms with Gasteiger partial charge in [0, 0.05) is 12.6 Å². The molecule has 5 rings (SSSR count). The summed E-state index contributed by atoms with van der Waals surface area (Å²) in [6.07, 6.45) is 2.93. The first-order valence-electron chi connectivity index (χ1n) is 14.1. The minimum absolute atomic E-state index is 0.0254. The van der Waals surface area contributed by atoms with Gasteiger partial charge in [-0.05, 0) is 40.2 Å². The van der Waals surface area contributed by atoms with Crippen molar-refractivity contribution >= 4 is 12.1 Å².